The Morgan fingerprint density at radius 2 is 1.97 bits per heavy atom. The van der Waals surface area contributed by atoms with Crippen molar-refractivity contribution in [2.75, 3.05) is 12.4 Å². The number of allylic oxidation sites excluding steroid dienone is 1. The number of anilines is 1. The number of carbonyl (C=O) groups excluding carboxylic acids is 1. The number of ether oxygens (including phenoxy) is 1. The molecule has 8 heteroatoms. The van der Waals surface area contributed by atoms with E-state index >= 15 is 0 Å². The molecule has 2 aromatic heterocycles. The molecule has 0 bridgehead atoms. The van der Waals surface area contributed by atoms with Gasteiger partial charge in [-0.1, -0.05) is 42.5 Å². The van der Waals surface area contributed by atoms with Gasteiger partial charge in [0.25, 0.3) is 5.56 Å². The smallest absolute Gasteiger partial charge is 0.279 e. The van der Waals surface area contributed by atoms with Crippen LogP contribution in [0.2, 0.25) is 0 Å². The van der Waals surface area contributed by atoms with Crippen LogP contribution in [0.4, 0.5) is 5.69 Å². The van der Waals surface area contributed by atoms with Gasteiger partial charge in [0.15, 0.2) is 5.82 Å². The van der Waals surface area contributed by atoms with E-state index in [2.05, 4.69) is 22.0 Å². The molecule has 0 radical (unpaired) electrons. The van der Waals surface area contributed by atoms with Crippen molar-refractivity contribution < 1.29 is 9.53 Å². The predicted molar refractivity (Wildman–Crippen MR) is 128 cm³/mol. The van der Waals surface area contributed by atoms with Gasteiger partial charge in [0.05, 0.1) is 7.11 Å². The first kappa shape index (κ1) is 22.0. The quantitative estimate of drug-likeness (QED) is 0.420. The molecule has 0 fully saturated rings. The summed E-state index contributed by atoms with van der Waals surface area (Å²) in [7, 11) is 1.57. The molecule has 0 unspecified atom stereocenters. The summed E-state index contributed by atoms with van der Waals surface area (Å²) in [6, 6.07) is 16.6. The zero-order valence-corrected chi connectivity index (χ0v) is 18.6. The molecular weight excluding hydrogens is 418 g/mol. The lowest BCUT2D eigenvalue weighted by molar-refractivity contribution is -0.116. The number of nitrogens with one attached hydrogen (secondary N) is 1. The number of hydrogen-bond donors (Lipinski definition) is 1. The number of hydrogen-bond acceptors (Lipinski definition) is 5. The van der Waals surface area contributed by atoms with Crippen molar-refractivity contribution in [3.63, 3.8) is 0 Å². The van der Waals surface area contributed by atoms with Crippen molar-refractivity contribution in [3.8, 4) is 17.1 Å². The zero-order chi connectivity index (χ0) is 23.4. The molecule has 1 amide bonds. The lowest BCUT2D eigenvalue weighted by atomic mass is 10.1. The van der Waals surface area contributed by atoms with Crippen LogP contribution in [0.25, 0.3) is 17.2 Å². The van der Waals surface area contributed by atoms with E-state index in [-0.39, 0.29) is 24.3 Å². The van der Waals surface area contributed by atoms with Crippen LogP contribution in [0.5, 0.6) is 5.75 Å². The Bertz CT molecular complexity index is 1370. The first-order valence-electron chi connectivity index (χ1n) is 10.6. The third-order valence-corrected chi connectivity index (χ3v) is 5.42. The van der Waals surface area contributed by atoms with Gasteiger partial charge in [0, 0.05) is 41.5 Å². The van der Waals surface area contributed by atoms with E-state index < -0.39 is 0 Å². The van der Waals surface area contributed by atoms with E-state index in [1.807, 2.05) is 41.8 Å². The highest BCUT2D eigenvalue weighted by atomic mass is 16.5. The third kappa shape index (κ3) is 4.55. The SMILES string of the molecule is C=CCn1c(C)c(CCC(=O)Nc2cccc(OC)c2)c(=O)n2nc(-c3ccccc3)nc12. The molecule has 0 spiro atoms. The summed E-state index contributed by atoms with van der Waals surface area (Å²) in [6.07, 6.45) is 2.16. The molecule has 2 heterocycles. The largest absolute Gasteiger partial charge is 0.497 e. The fourth-order valence-electron chi connectivity index (χ4n) is 3.72. The molecule has 0 atom stereocenters. The van der Waals surface area contributed by atoms with Crippen LogP contribution in [0, 0.1) is 6.92 Å². The van der Waals surface area contributed by atoms with Gasteiger partial charge in [-0.25, -0.2) is 0 Å². The van der Waals surface area contributed by atoms with Crippen LogP contribution in [0.15, 0.2) is 72.0 Å². The summed E-state index contributed by atoms with van der Waals surface area (Å²) >= 11 is 0. The van der Waals surface area contributed by atoms with Crippen LogP contribution < -0.4 is 15.6 Å². The van der Waals surface area contributed by atoms with Crippen molar-refractivity contribution in [3.05, 3.63) is 88.9 Å². The molecule has 4 aromatic rings. The van der Waals surface area contributed by atoms with Gasteiger partial charge in [-0.05, 0) is 25.5 Å². The van der Waals surface area contributed by atoms with E-state index in [1.54, 1.807) is 37.5 Å². The molecule has 1 N–H and O–H groups in total. The van der Waals surface area contributed by atoms with Crippen molar-refractivity contribution in [1.29, 1.82) is 0 Å². The standard InChI is InChI=1S/C25H25N5O3/c1-4-15-29-17(2)21(13-14-22(31)26-19-11-8-12-20(16-19)33-3)24(32)30-25(29)27-23(28-30)18-9-6-5-7-10-18/h4-12,16H,1,13-15H2,2-3H3,(H,26,31). The average Bonchev–Trinajstić information content (AvgIpc) is 3.28. The molecule has 8 nitrogen and oxygen atoms in total. The normalized spacial score (nSPS) is 10.8. The summed E-state index contributed by atoms with van der Waals surface area (Å²) in [6.45, 7) is 6.15. The molecule has 0 saturated carbocycles. The topological polar surface area (TPSA) is 90.5 Å². The fraction of sp³-hybridized carbons (Fsp3) is 0.200. The third-order valence-electron chi connectivity index (χ3n) is 5.42. The van der Waals surface area contributed by atoms with Gasteiger partial charge in [-0.2, -0.15) is 9.50 Å². The molecule has 0 saturated heterocycles. The van der Waals surface area contributed by atoms with Crippen LogP contribution in [0.1, 0.15) is 17.7 Å². The number of aromatic nitrogens is 4. The summed E-state index contributed by atoms with van der Waals surface area (Å²) in [5, 5.41) is 7.31. The maximum Gasteiger partial charge on any atom is 0.279 e. The second-order valence-electron chi connectivity index (χ2n) is 7.56. The first-order chi connectivity index (χ1) is 16.0. The maximum absolute atomic E-state index is 13.3. The second-order valence-corrected chi connectivity index (χ2v) is 7.56. The molecule has 0 aliphatic heterocycles. The van der Waals surface area contributed by atoms with Crippen LogP contribution in [0.3, 0.4) is 0 Å². The van der Waals surface area contributed by atoms with E-state index in [4.69, 9.17) is 4.74 Å². The first-order valence-corrected chi connectivity index (χ1v) is 10.6. The summed E-state index contributed by atoms with van der Waals surface area (Å²) < 4.78 is 8.39. The van der Waals surface area contributed by atoms with Crippen molar-refractivity contribution >= 4 is 17.4 Å². The fourth-order valence-corrected chi connectivity index (χ4v) is 3.72. The number of methoxy groups -OCH3 is 1. The number of fused-ring (bicyclic) bond motifs is 1. The van der Waals surface area contributed by atoms with Crippen molar-refractivity contribution in [2.24, 2.45) is 0 Å². The molecular formula is C25H25N5O3. The molecule has 33 heavy (non-hydrogen) atoms. The van der Waals surface area contributed by atoms with Crippen LogP contribution >= 0.6 is 0 Å². The van der Waals surface area contributed by atoms with Gasteiger partial charge in [-0.15, -0.1) is 11.7 Å². The molecule has 4 rings (SSSR count). The highest BCUT2D eigenvalue weighted by Crippen LogP contribution is 2.19. The number of amides is 1. The van der Waals surface area contributed by atoms with Gasteiger partial charge >= 0.3 is 0 Å². The van der Waals surface area contributed by atoms with E-state index in [0.29, 0.717) is 35.1 Å². The zero-order valence-electron chi connectivity index (χ0n) is 18.6. The van der Waals surface area contributed by atoms with Crippen LogP contribution in [-0.4, -0.2) is 32.2 Å². The van der Waals surface area contributed by atoms with Crippen molar-refractivity contribution in [1.82, 2.24) is 19.2 Å². The Balaban J connectivity index is 1.64. The van der Waals surface area contributed by atoms with Gasteiger partial charge in [0.1, 0.15) is 5.75 Å². The van der Waals surface area contributed by atoms with Gasteiger partial charge in [0.2, 0.25) is 11.7 Å². The van der Waals surface area contributed by atoms with Gasteiger partial charge in [-0.3, -0.25) is 9.59 Å². The highest BCUT2D eigenvalue weighted by molar-refractivity contribution is 5.91. The highest BCUT2D eigenvalue weighted by Gasteiger charge is 2.19. The minimum atomic E-state index is -0.272. The van der Waals surface area contributed by atoms with Crippen molar-refractivity contribution in [2.45, 2.75) is 26.3 Å². The molecule has 0 aliphatic rings. The minimum Gasteiger partial charge on any atom is -0.497 e. The Morgan fingerprint density at radius 1 is 1.18 bits per heavy atom. The molecule has 168 valence electrons. The van der Waals surface area contributed by atoms with Crippen LogP contribution in [-0.2, 0) is 17.8 Å². The van der Waals surface area contributed by atoms with E-state index in [9.17, 15) is 9.59 Å². The number of carbonyl (C=O) groups is 1. The number of benzene rings is 2. The Hall–Kier alpha value is -4.20. The summed E-state index contributed by atoms with van der Waals surface area (Å²) in [5.74, 6) is 1.38. The minimum absolute atomic E-state index is 0.146. The monoisotopic (exact) mass is 443 g/mol. The summed E-state index contributed by atoms with van der Waals surface area (Å²) in [4.78, 5) is 30.4. The predicted octanol–water partition coefficient (Wildman–Crippen LogP) is 3.63. The lowest BCUT2D eigenvalue weighted by Gasteiger charge is -2.14. The van der Waals surface area contributed by atoms with Gasteiger partial charge < -0.3 is 14.6 Å². The Labute approximate surface area is 191 Å². The number of nitrogens with zero attached hydrogens (tertiary/aromatic N) is 4. The number of rotatable bonds is 8. The Morgan fingerprint density at radius 3 is 2.70 bits per heavy atom. The average molecular weight is 444 g/mol. The summed E-state index contributed by atoms with van der Waals surface area (Å²) in [5.41, 5.74) is 2.46. The van der Waals surface area contributed by atoms with E-state index in [1.165, 1.54) is 4.52 Å². The Kier molecular flexibility index (Phi) is 6.35. The lowest BCUT2D eigenvalue weighted by Crippen LogP contribution is -2.27. The van der Waals surface area contributed by atoms with E-state index in [0.717, 1.165) is 11.3 Å². The second kappa shape index (κ2) is 9.52. The molecule has 0 aliphatic carbocycles. The molecule has 2 aromatic carbocycles. The maximum atomic E-state index is 13.3.